The summed E-state index contributed by atoms with van der Waals surface area (Å²) in [5.74, 6) is -0.185. The maximum Gasteiger partial charge on any atom is 0.251 e. The fourth-order valence-electron chi connectivity index (χ4n) is 3.55. The van der Waals surface area contributed by atoms with E-state index in [1.807, 2.05) is 52.8 Å². The largest absolute Gasteiger partial charge is 0.308 e. The van der Waals surface area contributed by atoms with Crippen molar-refractivity contribution in [3.63, 3.8) is 0 Å². The lowest BCUT2D eigenvalue weighted by atomic mass is 10.0. The molecule has 1 unspecified atom stereocenters. The Hall–Kier alpha value is -3.38. The lowest BCUT2D eigenvalue weighted by Crippen LogP contribution is -2.24. The maximum absolute atomic E-state index is 14.0. The third-order valence-electron chi connectivity index (χ3n) is 5.62. The van der Waals surface area contributed by atoms with Crippen molar-refractivity contribution in [2.45, 2.75) is 47.1 Å². The number of nitrogens with zero attached hydrogens (tertiary/aromatic N) is 4. The Morgan fingerprint density at radius 3 is 2.59 bits per heavy atom. The van der Waals surface area contributed by atoms with Crippen LogP contribution in [0.4, 0.5) is 10.3 Å². The molecule has 0 aliphatic heterocycles. The summed E-state index contributed by atoms with van der Waals surface area (Å²) in [7, 11) is 0. The van der Waals surface area contributed by atoms with Crippen molar-refractivity contribution in [2.24, 2.45) is 4.99 Å². The molecule has 0 amide bonds. The first-order valence-corrected chi connectivity index (χ1v) is 11.5. The Labute approximate surface area is 204 Å². The standard InChI is InChI=1S/C27H28ClFN4O/c1-6-8-23(18(5)17(3)4)31-27-30-13-11-24(32-27)19-12-14-33(26(34)16-19)25(7-2)20-9-10-21(28)22(29)15-20/h6,8-16,25H,7H2,1-5H3/b8-6-,31-23?. The molecule has 3 aromatic rings. The Morgan fingerprint density at radius 1 is 1.21 bits per heavy atom. The molecule has 7 heteroatoms. The Bertz CT molecular complexity index is 1340. The highest BCUT2D eigenvalue weighted by atomic mass is 35.5. The normalized spacial score (nSPS) is 12.7. The molecule has 0 N–H and O–H groups in total. The van der Waals surface area contributed by atoms with Gasteiger partial charge in [-0.15, -0.1) is 0 Å². The number of pyridine rings is 1. The summed E-state index contributed by atoms with van der Waals surface area (Å²) in [5, 5.41) is 0.0564. The van der Waals surface area contributed by atoms with Gasteiger partial charge in [0, 0.05) is 24.0 Å². The van der Waals surface area contributed by atoms with Crippen LogP contribution in [0.3, 0.4) is 0 Å². The van der Waals surface area contributed by atoms with E-state index in [1.165, 1.54) is 18.2 Å². The molecular weight excluding hydrogens is 451 g/mol. The van der Waals surface area contributed by atoms with Gasteiger partial charge in [0.15, 0.2) is 0 Å². The van der Waals surface area contributed by atoms with Crippen LogP contribution in [-0.4, -0.2) is 20.2 Å². The maximum atomic E-state index is 14.0. The smallest absolute Gasteiger partial charge is 0.251 e. The van der Waals surface area contributed by atoms with E-state index in [2.05, 4.69) is 15.0 Å². The van der Waals surface area contributed by atoms with E-state index in [0.29, 0.717) is 29.2 Å². The molecule has 1 atom stereocenters. The minimum absolute atomic E-state index is 0.0564. The molecule has 0 spiro atoms. The zero-order valence-electron chi connectivity index (χ0n) is 20.0. The van der Waals surface area contributed by atoms with E-state index in [-0.39, 0.29) is 16.6 Å². The van der Waals surface area contributed by atoms with Gasteiger partial charge in [-0.1, -0.05) is 36.2 Å². The van der Waals surface area contributed by atoms with Gasteiger partial charge in [0.1, 0.15) is 5.82 Å². The van der Waals surface area contributed by atoms with Crippen molar-refractivity contribution in [1.82, 2.24) is 14.5 Å². The molecule has 0 aliphatic rings. The van der Waals surface area contributed by atoms with E-state index >= 15 is 0 Å². The van der Waals surface area contributed by atoms with Crippen molar-refractivity contribution in [3.8, 4) is 11.3 Å². The van der Waals surface area contributed by atoms with Crippen LogP contribution in [0, 0.1) is 5.82 Å². The first-order chi connectivity index (χ1) is 16.2. The number of halogens is 2. The molecule has 0 fully saturated rings. The van der Waals surface area contributed by atoms with Crippen molar-refractivity contribution in [3.05, 3.63) is 98.8 Å². The number of rotatable bonds is 7. The van der Waals surface area contributed by atoms with Crippen molar-refractivity contribution >= 4 is 23.3 Å². The third-order valence-corrected chi connectivity index (χ3v) is 5.92. The lowest BCUT2D eigenvalue weighted by molar-refractivity contribution is 0.541. The van der Waals surface area contributed by atoms with Crippen molar-refractivity contribution in [2.75, 3.05) is 0 Å². The van der Waals surface area contributed by atoms with Crippen LogP contribution in [0.15, 0.2) is 81.9 Å². The second-order valence-electron chi connectivity index (χ2n) is 8.12. The molecule has 2 aromatic heterocycles. The zero-order valence-corrected chi connectivity index (χ0v) is 20.8. The summed E-state index contributed by atoms with van der Waals surface area (Å²) < 4.78 is 15.6. The van der Waals surface area contributed by atoms with Gasteiger partial charge in [0.05, 0.1) is 22.5 Å². The summed E-state index contributed by atoms with van der Waals surface area (Å²) in [6.07, 6.45) is 7.80. The van der Waals surface area contributed by atoms with Gasteiger partial charge in [-0.05, 0) is 75.6 Å². The van der Waals surface area contributed by atoms with Gasteiger partial charge in [-0.3, -0.25) is 4.79 Å². The summed E-state index contributed by atoms with van der Waals surface area (Å²) >= 11 is 5.82. The second-order valence-corrected chi connectivity index (χ2v) is 8.53. The Morgan fingerprint density at radius 2 is 1.97 bits per heavy atom. The van der Waals surface area contributed by atoms with Crippen LogP contribution >= 0.6 is 11.6 Å². The summed E-state index contributed by atoms with van der Waals surface area (Å²) in [6.45, 7) is 9.95. The van der Waals surface area contributed by atoms with Crippen LogP contribution < -0.4 is 5.56 Å². The fourth-order valence-corrected chi connectivity index (χ4v) is 3.67. The second kappa shape index (κ2) is 11.2. The number of hydrogen-bond acceptors (Lipinski definition) is 4. The molecule has 176 valence electrons. The minimum Gasteiger partial charge on any atom is -0.308 e. The first kappa shape index (κ1) is 25.2. The van der Waals surface area contributed by atoms with E-state index in [1.54, 1.807) is 29.1 Å². The van der Waals surface area contributed by atoms with E-state index < -0.39 is 5.82 Å². The van der Waals surface area contributed by atoms with Gasteiger partial charge >= 0.3 is 0 Å². The number of allylic oxidation sites excluding steroid dienone is 4. The highest BCUT2D eigenvalue weighted by Crippen LogP contribution is 2.26. The topological polar surface area (TPSA) is 60.1 Å². The highest BCUT2D eigenvalue weighted by molar-refractivity contribution is 6.30. The molecular formula is C27H28ClFN4O. The van der Waals surface area contributed by atoms with Gasteiger partial charge in [-0.2, -0.15) is 0 Å². The molecule has 3 rings (SSSR count). The predicted octanol–water partition coefficient (Wildman–Crippen LogP) is 7.10. The molecule has 0 bridgehead atoms. The molecule has 1 aromatic carbocycles. The molecule has 0 aliphatic carbocycles. The number of benzene rings is 1. The van der Waals surface area contributed by atoms with Crippen LogP contribution in [0.1, 0.15) is 52.6 Å². The highest BCUT2D eigenvalue weighted by Gasteiger charge is 2.16. The zero-order chi connectivity index (χ0) is 24.8. The van der Waals surface area contributed by atoms with Gasteiger partial charge < -0.3 is 4.57 Å². The van der Waals surface area contributed by atoms with E-state index in [4.69, 9.17) is 11.6 Å². The monoisotopic (exact) mass is 478 g/mol. The Balaban J connectivity index is 1.99. The number of aromatic nitrogens is 3. The summed E-state index contributed by atoms with van der Waals surface area (Å²) in [6, 6.07) is 9.41. The van der Waals surface area contributed by atoms with E-state index in [9.17, 15) is 9.18 Å². The third kappa shape index (κ3) is 5.75. The molecule has 5 nitrogen and oxygen atoms in total. The number of hydrogen-bond donors (Lipinski definition) is 0. The van der Waals surface area contributed by atoms with Crippen molar-refractivity contribution in [1.29, 1.82) is 0 Å². The van der Waals surface area contributed by atoms with Gasteiger partial charge in [0.2, 0.25) is 5.95 Å². The predicted molar refractivity (Wildman–Crippen MR) is 138 cm³/mol. The lowest BCUT2D eigenvalue weighted by Gasteiger charge is -2.19. The quantitative estimate of drug-likeness (QED) is 0.340. The van der Waals surface area contributed by atoms with Crippen LogP contribution in [0.2, 0.25) is 5.02 Å². The molecule has 0 radical (unpaired) electrons. The van der Waals surface area contributed by atoms with Crippen LogP contribution in [0.5, 0.6) is 0 Å². The Kier molecular flexibility index (Phi) is 8.29. The molecule has 2 heterocycles. The van der Waals surface area contributed by atoms with Crippen molar-refractivity contribution < 1.29 is 4.39 Å². The van der Waals surface area contributed by atoms with Crippen LogP contribution in [-0.2, 0) is 0 Å². The van der Waals surface area contributed by atoms with Crippen LogP contribution in [0.25, 0.3) is 11.3 Å². The molecule has 0 saturated heterocycles. The van der Waals surface area contributed by atoms with E-state index in [0.717, 1.165) is 16.9 Å². The van der Waals surface area contributed by atoms with Gasteiger partial charge in [-0.25, -0.2) is 19.4 Å². The fraction of sp³-hybridized carbons (Fsp3) is 0.259. The minimum atomic E-state index is -0.503. The average Bonchev–Trinajstić information content (AvgIpc) is 2.82. The average molecular weight is 479 g/mol. The number of aliphatic imine (C=N–C) groups is 1. The van der Waals surface area contributed by atoms with Gasteiger partial charge in [0.25, 0.3) is 5.56 Å². The summed E-state index contributed by atoms with van der Waals surface area (Å²) in [4.78, 5) is 26.5. The SMILES string of the molecule is C/C=C\C(=Nc1nccc(-c2ccn(C(CC)c3ccc(Cl)c(F)c3)c(=O)c2)n1)C(C)=C(C)C. The first-order valence-electron chi connectivity index (χ1n) is 11.1. The summed E-state index contributed by atoms with van der Waals surface area (Å²) in [5.41, 5.74) is 4.72. The molecule has 0 saturated carbocycles. The molecule has 34 heavy (non-hydrogen) atoms.